The van der Waals surface area contributed by atoms with Crippen LogP contribution in [0.1, 0.15) is 59.3 Å². The van der Waals surface area contributed by atoms with Crippen LogP contribution in [0.4, 0.5) is 0 Å². The summed E-state index contributed by atoms with van der Waals surface area (Å²) in [6.45, 7) is 8.98. The van der Waals surface area contributed by atoms with Gasteiger partial charge in [0.2, 0.25) is 0 Å². The summed E-state index contributed by atoms with van der Waals surface area (Å²) in [7, 11) is 0. The summed E-state index contributed by atoms with van der Waals surface area (Å²) in [6, 6.07) is 0.674. The molecular weight excluding hydrogens is 226 g/mol. The number of ether oxygens (including phenoxy) is 1. The van der Waals surface area contributed by atoms with E-state index < -0.39 is 0 Å². The van der Waals surface area contributed by atoms with Gasteiger partial charge in [0.15, 0.2) is 0 Å². The highest BCUT2D eigenvalue weighted by atomic mass is 16.5. The minimum absolute atomic E-state index is 0.240. The maximum absolute atomic E-state index is 10.1. The van der Waals surface area contributed by atoms with Crippen molar-refractivity contribution in [3.8, 4) is 0 Å². The Labute approximate surface area is 113 Å². The summed E-state index contributed by atoms with van der Waals surface area (Å²) in [5.41, 5.74) is 0. The molecule has 1 fully saturated rings. The molecule has 1 saturated heterocycles. The first kappa shape index (κ1) is 15.9. The maximum Gasteiger partial charge on any atom is 0.0689 e. The van der Waals surface area contributed by atoms with Crippen molar-refractivity contribution in [3.05, 3.63) is 0 Å². The van der Waals surface area contributed by atoms with E-state index in [0.29, 0.717) is 12.6 Å². The smallest absolute Gasteiger partial charge is 0.0689 e. The molecule has 1 aliphatic heterocycles. The van der Waals surface area contributed by atoms with Gasteiger partial charge in [-0.15, -0.1) is 0 Å². The molecule has 0 radical (unpaired) electrons. The fraction of sp³-hybridized carbons (Fsp3) is 1.00. The van der Waals surface area contributed by atoms with Gasteiger partial charge >= 0.3 is 0 Å². The molecule has 1 heterocycles. The van der Waals surface area contributed by atoms with Gasteiger partial charge in [-0.25, -0.2) is 0 Å². The lowest BCUT2D eigenvalue weighted by molar-refractivity contribution is 0.0279. The van der Waals surface area contributed by atoms with Crippen LogP contribution in [0.25, 0.3) is 0 Å². The van der Waals surface area contributed by atoms with Crippen molar-refractivity contribution >= 4 is 0 Å². The third-order valence-corrected chi connectivity index (χ3v) is 3.82. The average molecular weight is 257 g/mol. The first-order chi connectivity index (χ1) is 8.63. The Morgan fingerprint density at radius 2 is 2.06 bits per heavy atom. The number of nitrogens with zero attached hydrogens (tertiary/aromatic N) is 1. The molecule has 3 heteroatoms. The highest BCUT2D eigenvalue weighted by molar-refractivity contribution is 4.76. The molecule has 0 aliphatic carbocycles. The molecule has 0 bridgehead atoms. The molecule has 0 aromatic heterocycles. The largest absolute Gasteiger partial charge is 0.392 e. The molecule has 1 N–H and O–H groups in total. The van der Waals surface area contributed by atoms with Gasteiger partial charge in [0.1, 0.15) is 0 Å². The maximum atomic E-state index is 10.1. The summed E-state index contributed by atoms with van der Waals surface area (Å²) < 4.78 is 5.50. The lowest BCUT2D eigenvalue weighted by Gasteiger charge is -2.31. The van der Waals surface area contributed by atoms with Crippen LogP contribution >= 0.6 is 0 Å². The van der Waals surface area contributed by atoms with Gasteiger partial charge in [0.05, 0.1) is 12.2 Å². The first-order valence-corrected chi connectivity index (χ1v) is 7.67. The topological polar surface area (TPSA) is 32.7 Å². The first-order valence-electron chi connectivity index (χ1n) is 7.67. The normalized spacial score (nSPS) is 24.2. The van der Waals surface area contributed by atoms with Crippen LogP contribution in [-0.2, 0) is 4.74 Å². The summed E-state index contributed by atoms with van der Waals surface area (Å²) in [5.74, 6) is 0. The zero-order valence-electron chi connectivity index (χ0n) is 12.4. The highest BCUT2D eigenvalue weighted by Crippen LogP contribution is 2.19. The Morgan fingerprint density at radius 3 is 2.72 bits per heavy atom. The summed E-state index contributed by atoms with van der Waals surface area (Å²) in [5, 5.41) is 10.1. The Kier molecular flexibility index (Phi) is 7.87. The van der Waals surface area contributed by atoms with Crippen molar-refractivity contribution in [1.82, 2.24) is 4.90 Å². The van der Waals surface area contributed by atoms with Crippen LogP contribution < -0.4 is 0 Å². The molecule has 2 atom stereocenters. The fourth-order valence-electron chi connectivity index (χ4n) is 2.74. The number of hydrogen-bond acceptors (Lipinski definition) is 3. The third kappa shape index (κ3) is 6.17. The quantitative estimate of drug-likeness (QED) is 0.761. The van der Waals surface area contributed by atoms with E-state index in [1.165, 1.54) is 32.1 Å². The molecule has 18 heavy (non-hydrogen) atoms. The Bertz CT molecular complexity index is 209. The summed E-state index contributed by atoms with van der Waals surface area (Å²) in [4.78, 5) is 2.49. The minimum atomic E-state index is -0.240. The zero-order valence-corrected chi connectivity index (χ0v) is 12.4. The van der Waals surface area contributed by atoms with Gasteiger partial charge in [-0.2, -0.15) is 0 Å². The van der Waals surface area contributed by atoms with Crippen molar-refractivity contribution in [1.29, 1.82) is 0 Å². The Balaban J connectivity index is 2.28. The second-order valence-corrected chi connectivity index (χ2v) is 5.77. The summed E-state index contributed by atoms with van der Waals surface area (Å²) in [6.07, 6.45) is 7.26. The van der Waals surface area contributed by atoms with Gasteiger partial charge in [0, 0.05) is 19.2 Å². The minimum Gasteiger partial charge on any atom is -0.392 e. The predicted octanol–water partition coefficient (Wildman–Crippen LogP) is 2.82. The lowest BCUT2D eigenvalue weighted by Crippen LogP contribution is -2.40. The Morgan fingerprint density at radius 1 is 1.28 bits per heavy atom. The van der Waals surface area contributed by atoms with Gasteiger partial charge in [-0.05, 0) is 46.1 Å². The van der Waals surface area contributed by atoms with Gasteiger partial charge in [0.25, 0.3) is 0 Å². The van der Waals surface area contributed by atoms with E-state index in [1.807, 2.05) is 13.8 Å². The Hall–Kier alpha value is -0.120. The molecule has 0 unspecified atom stereocenters. The van der Waals surface area contributed by atoms with Crippen molar-refractivity contribution in [2.24, 2.45) is 0 Å². The molecule has 0 amide bonds. The van der Waals surface area contributed by atoms with Crippen molar-refractivity contribution < 1.29 is 9.84 Å². The second-order valence-electron chi connectivity index (χ2n) is 5.77. The number of aliphatic hydroxyl groups is 1. The number of aliphatic hydroxyl groups excluding tert-OH is 1. The SMILES string of the molecule is CC[C@H]1CCCCCN1C[C@H](O)CCOC(C)C. The molecule has 0 spiro atoms. The van der Waals surface area contributed by atoms with Gasteiger partial charge in [-0.3, -0.25) is 4.90 Å². The van der Waals surface area contributed by atoms with Gasteiger partial charge < -0.3 is 9.84 Å². The van der Waals surface area contributed by atoms with Crippen LogP contribution in [0, 0.1) is 0 Å². The van der Waals surface area contributed by atoms with E-state index in [0.717, 1.165) is 19.5 Å². The van der Waals surface area contributed by atoms with E-state index >= 15 is 0 Å². The van der Waals surface area contributed by atoms with E-state index in [1.54, 1.807) is 0 Å². The van der Waals surface area contributed by atoms with Crippen LogP contribution in [0.15, 0.2) is 0 Å². The zero-order chi connectivity index (χ0) is 13.4. The van der Waals surface area contributed by atoms with Crippen molar-refractivity contribution in [2.75, 3.05) is 19.7 Å². The molecule has 1 rings (SSSR count). The standard InChI is InChI=1S/C15H31NO2/c1-4-14-8-6-5-7-10-16(14)12-15(17)9-11-18-13(2)3/h13-15,17H,4-12H2,1-3H3/t14-,15+/m0/s1. The molecule has 3 nitrogen and oxygen atoms in total. The van der Waals surface area contributed by atoms with E-state index in [9.17, 15) is 5.11 Å². The highest BCUT2D eigenvalue weighted by Gasteiger charge is 2.21. The van der Waals surface area contributed by atoms with Crippen molar-refractivity contribution in [2.45, 2.75) is 77.5 Å². The third-order valence-electron chi connectivity index (χ3n) is 3.82. The van der Waals surface area contributed by atoms with Crippen LogP contribution in [-0.4, -0.2) is 48.0 Å². The fourth-order valence-corrected chi connectivity index (χ4v) is 2.74. The van der Waals surface area contributed by atoms with Crippen LogP contribution in [0.5, 0.6) is 0 Å². The van der Waals surface area contributed by atoms with Gasteiger partial charge in [-0.1, -0.05) is 19.8 Å². The summed E-state index contributed by atoms with van der Waals surface area (Å²) >= 11 is 0. The molecule has 1 aliphatic rings. The predicted molar refractivity (Wildman–Crippen MR) is 75.8 cm³/mol. The van der Waals surface area contributed by atoms with Crippen LogP contribution in [0.2, 0.25) is 0 Å². The number of likely N-dealkylation sites (tertiary alicyclic amines) is 1. The number of hydrogen-bond donors (Lipinski definition) is 1. The molecule has 0 saturated carbocycles. The molecule has 0 aromatic rings. The average Bonchev–Trinajstić information content (AvgIpc) is 2.53. The molecule has 0 aromatic carbocycles. The molecule has 108 valence electrons. The number of rotatable bonds is 7. The van der Waals surface area contributed by atoms with E-state index in [-0.39, 0.29) is 12.2 Å². The van der Waals surface area contributed by atoms with Crippen LogP contribution in [0.3, 0.4) is 0 Å². The van der Waals surface area contributed by atoms with Crippen molar-refractivity contribution in [3.63, 3.8) is 0 Å². The van der Waals surface area contributed by atoms with E-state index in [4.69, 9.17) is 4.74 Å². The second kappa shape index (κ2) is 8.89. The van der Waals surface area contributed by atoms with E-state index in [2.05, 4.69) is 11.8 Å². The monoisotopic (exact) mass is 257 g/mol. The lowest BCUT2D eigenvalue weighted by atomic mass is 10.1. The molecular formula is C15H31NO2. The number of β-amino-alcohol motifs (C(OH)–C–C–N with tert-alkyl or cyclic N) is 1.